The molecule has 0 saturated carbocycles. The third kappa shape index (κ3) is 7.05. The zero-order valence-electron chi connectivity index (χ0n) is 22.0. The number of hydrogen-bond donors (Lipinski definition) is 2. The number of Topliss-reactive ketones (excluding diaryl/α,β-unsaturated/α-hetero) is 2. The first-order valence-electron chi connectivity index (χ1n) is 12.9. The second-order valence-corrected chi connectivity index (χ2v) is 9.63. The van der Waals surface area contributed by atoms with Crippen molar-refractivity contribution >= 4 is 11.6 Å². The minimum atomic E-state index is -2.51. The molecule has 0 spiro atoms. The first-order valence-corrected chi connectivity index (χ1v) is 12.9. The summed E-state index contributed by atoms with van der Waals surface area (Å²) < 4.78 is 24.6. The fraction of sp³-hybridized carbons (Fsp3) is 0.355. The molecule has 1 aliphatic heterocycles. The zero-order valence-corrected chi connectivity index (χ0v) is 22.0. The Morgan fingerprint density at radius 3 is 1.56 bits per heavy atom. The fourth-order valence-electron chi connectivity index (χ4n) is 4.56. The molecule has 4 rings (SSSR count). The minimum Gasteiger partial charge on any atom is -0.382 e. The molecule has 206 valence electrons. The highest BCUT2D eigenvalue weighted by molar-refractivity contribution is 5.85. The monoisotopic (exact) mass is 534 g/mol. The Labute approximate surface area is 228 Å². The fourth-order valence-corrected chi connectivity index (χ4v) is 4.56. The smallest absolute Gasteiger partial charge is 0.256 e. The number of carbonyl (C=O) groups excluding carboxylic acids is 2. The second-order valence-electron chi connectivity index (χ2n) is 9.63. The van der Waals surface area contributed by atoms with Crippen molar-refractivity contribution in [3.8, 4) is 0 Å². The highest BCUT2D eigenvalue weighted by Crippen LogP contribution is 2.37. The van der Waals surface area contributed by atoms with Crippen molar-refractivity contribution in [1.29, 1.82) is 0 Å². The van der Waals surface area contributed by atoms with Crippen LogP contribution in [-0.4, -0.2) is 58.1 Å². The predicted octanol–water partition coefficient (Wildman–Crippen LogP) is 3.37. The van der Waals surface area contributed by atoms with Gasteiger partial charge in [-0.3, -0.25) is 9.59 Å². The van der Waals surface area contributed by atoms with Crippen molar-refractivity contribution in [3.63, 3.8) is 0 Å². The Bertz CT molecular complexity index is 1200. The molecule has 1 saturated heterocycles. The first-order chi connectivity index (χ1) is 18.8. The van der Waals surface area contributed by atoms with Gasteiger partial charge in [-0.05, 0) is 23.6 Å². The average molecular weight is 535 g/mol. The van der Waals surface area contributed by atoms with Gasteiger partial charge >= 0.3 is 0 Å². The van der Waals surface area contributed by atoms with Gasteiger partial charge in [0.25, 0.3) is 5.79 Å². The summed E-state index contributed by atoms with van der Waals surface area (Å²) in [6.07, 6.45) is -6.60. The van der Waals surface area contributed by atoms with Crippen molar-refractivity contribution < 1.29 is 38.7 Å². The summed E-state index contributed by atoms with van der Waals surface area (Å²) in [6.45, 7) is 2.60. The maximum absolute atomic E-state index is 12.9. The van der Waals surface area contributed by atoms with Crippen LogP contribution in [0.25, 0.3) is 0 Å². The van der Waals surface area contributed by atoms with E-state index < -0.39 is 47.9 Å². The Morgan fingerprint density at radius 1 is 0.744 bits per heavy atom. The van der Waals surface area contributed by atoms with Gasteiger partial charge in [-0.2, -0.15) is 0 Å². The van der Waals surface area contributed by atoms with E-state index in [0.29, 0.717) is 0 Å². The summed E-state index contributed by atoms with van der Waals surface area (Å²) in [5, 5.41) is 22.5. The highest BCUT2D eigenvalue weighted by Gasteiger charge is 2.60. The van der Waals surface area contributed by atoms with E-state index in [9.17, 15) is 19.8 Å². The molecule has 3 aromatic carbocycles. The number of aliphatic hydroxyl groups is 2. The molecule has 1 aliphatic rings. The summed E-state index contributed by atoms with van der Waals surface area (Å²) >= 11 is 0. The van der Waals surface area contributed by atoms with Gasteiger partial charge in [-0.25, -0.2) is 0 Å². The largest absolute Gasteiger partial charge is 0.382 e. The van der Waals surface area contributed by atoms with Crippen molar-refractivity contribution in [2.24, 2.45) is 0 Å². The van der Waals surface area contributed by atoms with Crippen LogP contribution in [0.3, 0.4) is 0 Å². The number of hydrogen-bond acceptors (Lipinski definition) is 8. The quantitative estimate of drug-likeness (QED) is 0.364. The van der Waals surface area contributed by atoms with Crippen molar-refractivity contribution in [3.05, 3.63) is 108 Å². The number of carbonyl (C=O) groups is 2. The van der Waals surface area contributed by atoms with Crippen LogP contribution in [0, 0.1) is 0 Å². The summed E-state index contributed by atoms with van der Waals surface area (Å²) in [4.78, 5) is 25.2. The average Bonchev–Trinajstić information content (AvgIpc) is 2.95. The Morgan fingerprint density at radius 2 is 1.15 bits per heavy atom. The standard InChI is InChI=1S/C31H34O8/c1-21(32)26(34)27-28(36-18-23-12-6-3-7-13-23)29(37-19-24-14-8-4-9-15-24)30(31(35,39-27)22(2)33)38-20-25-16-10-5-11-17-25/h3-17,26-30,34-35H,18-20H2,1-2H3/t26?,27-,28-,29+,30-,31+/m1/s1. The van der Waals surface area contributed by atoms with Gasteiger partial charge < -0.3 is 29.2 Å². The highest BCUT2D eigenvalue weighted by atomic mass is 16.7. The number of benzene rings is 3. The molecule has 2 N–H and O–H groups in total. The number of ether oxygens (including phenoxy) is 4. The van der Waals surface area contributed by atoms with Crippen molar-refractivity contribution in [1.82, 2.24) is 0 Å². The van der Waals surface area contributed by atoms with E-state index in [1.807, 2.05) is 91.0 Å². The lowest BCUT2D eigenvalue weighted by atomic mass is 9.86. The lowest BCUT2D eigenvalue weighted by Crippen LogP contribution is -2.71. The third-order valence-corrected chi connectivity index (χ3v) is 6.72. The van der Waals surface area contributed by atoms with Gasteiger partial charge in [0.05, 0.1) is 19.8 Å². The SMILES string of the molecule is CC(=O)C(O)[C@H]1O[C@@](O)(C(C)=O)[C@H](OCc2ccccc2)[C@@H](OCc2ccccc2)[C@@H]1OCc1ccccc1. The van der Waals surface area contributed by atoms with Gasteiger partial charge in [0, 0.05) is 6.92 Å². The molecule has 1 fully saturated rings. The maximum atomic E-state index is 12.9. The Balaban J connectivity index is 1.72. The zero-order chi connectivity index (χ0) is 27.8. The van der Waals surface area contributed by atoms with Crippen LogP contribution in [0.15, 0.2) is 91.0 Å². The molecule has 0 aliphatic carbocycles. The first kappa shape index (κ1) is 28.8. The molecular formula is C31H34O8. The van der Waals surface area contributed by atoms with E-state index >= 15 is 0 Å². The molecule has 0 radical (unpaired) electrons. The molecular weight excluding hydrogens is 500 g/mol. The molecule has 0 bridgehead atoms. The van der Waals surface area contributed by atoms with Crippen molar-refractivity contribution in [2.75, 3.05) is 0 Å². The molecule has 1 heterocycles. The second kappa shape index (κ2) is 13.2. The van der Waals surface area contributed by atoms with E-state index in [4.69, 9.17) is 18.9 Å². The van der Waals surface area contributed by atoms with Gasteiger partial charge in [0.15, 0.2) is 11.6 Å². The Hall–Kier alpha value is -3.24. The number of ketones is 2. The van der Waals surface area contributed by atoms with Crippen LogP contribution in [0.4, 0.5) is 0 Å². The number of rotatable bonds is 12. The summed E-state index contributed by atoms with van der Waals surface area (Å²) in [6, 6.07) is 28.0. The molecule has 8 heteroatoms. The molecule has 39 heavy (non-hydrogen) atoms. The molecule has 3 aromatic rings. The van der Waals surface area contributed by atoms with Crippen LogP contribution in [0.5, 0.6) is 0 Å². The van der Waals surface area contributed by atoms with E-state index in [-0.39, 0.29) is 19.8 Å². The van der Waals surface area contributed by atoms with Gasteiger partial charge in [0.1, 0.15) is 30.5 Å². The van der Waals surface area contributed by atoms with E-state index in [1.54, 1.807) is 0 Å². The molecule has 8 nitrogen and oxygen atoms in total. The molecule has 0 aromatic heterocycles. The number of aliphatic hydroxyl groups excluding tert-OH is 1. The minimum absolute atomic E-state index is 0.0426. The lowest BCUT2D eigenvalue weighted by Gasteiger charge is -2.50. The van der Waals surface area contributed by atoms with Gasteiger partial charge in [0.2, 0.25) is 0 Å². The van der Waals surface area contributed by atoms with E-state index in [0.717, 1.165) is 23.6 Å². The van der Waals surface area contributed by atoms with Crippen LogP contribution in [0.1, 0.15) is 30.5 Å². The van der Waals surface area contributed by atoms with Crippen LogP contribution < -0.4 is 0 Å². The van der Waals surface area contributed by atoms with E-state index in [1.165, 1.54) is 6.92 Å². The van der Waals surface area contributed by atoms with Crippen molar-refractivity contribution in [2.45, 2.75) is 70.0 Å². The molecule has 0 amide bonds. The predicted molar refractivity (Wildman–Crippen MR) is 142 cm³/mol. The molecule has 6 atom stereocenters. The normalized spacial score (nSPS) is 25.6. The summed E-state index contributed by atoms with van der Waals surface area (Å²) in [7, 11) is 0. The molecule has 1 unspecified atom stereocenters. The van der Waals surface area contributed by atoms with Gasteiger partial charge in [-0.1, -0.05) is 91.0 Å². The van der Waals surface area contributed by atoms with E-state index in [2.05, 4.69) is 0 Å². The van der Waals surface area contributed by atoms with Gasteiger partial charge in [-0.15, -0.1) is 0 Å². The topological polar surface area (TPSA) is 112 Å². The third-order valence-electron chi connectivity index (χ3n) is 6.72. The van der Waals surface area contributed by atoms with Crippen LogP contribution in [0.2, 0.25) is 0 Å². The Kier molecular flexibility index (Phi) is 9.74. The lowest BCUT2D eigenvalue weighted by molar-refractivity contribution is -0.356. The summed E-state index contributed by atoms with van der Waals surface area (Å²) in [5.41, 5.74) is 2.48. The summed E-state index contributed by atoms with van der Waals surface area (Å²) in [5.74, 6) is -3.87. The maximum Gasteiger partial charge on any atom is 0.256 e. The van der Waals surface area contributed by atoms with Crippen LogP contribution in [-0.2, 0) is 48.4 Å². The van der Waals surface area contributed by atoms with Crippen LogP contribution >= 0.6 is 0 Å².